The van der Waals surface area contributed by atoms with Crippen LogP contribution in [0, 0.1) is 0 Å². The first-order valence-electron chi connectivity index (χ1n) is 5.05. The Morgan fingerprint density at radius 3 is 2.11 bits per heavy atom. The van der Waals surface area contributed by atoms with Crippen molar-refractivity contribution in [3.8, 4) is 0 Å². The van der Waals surface area contributed by atoms with Crippen molar-refractivity contribution >= 4 is 7.82 Å². The lowest BCUT2D eigenvalue weighted by Gasteiger charge is -2.25. The molecule has 0 aliphatic rings. The third-order valence-corrected chi connectivity index (χ3v) is 3.10. The van der Waals surface area contributed by atoms with Gasteiger partial charge in [0.15, 0.2) is 6.17 Å². The van der Waals surface area contributed by atoms with Crippen LogP contribution in [-0.4, -0.2) is 32.2 Å². The van der Waals surface area contributed by atoms with Crippen LogP contribution in [0.5, 0.6) is 0 Å². The second kappa shape index (κ2) is 6.92. The van der Waals surface area contributed by atoms with Crippen LogP contribution in [0.3, 0.4) is 0 Å². The van der Waals surface area contributed by atoms with E-state index in [1.165, 1.54) is 0 Å². The lowest BCUT2D eigenvalue weighted by molar-refractivity contribution is -0.255. The van der Waals surface area contributed by atoms with Crippen LogP contribution >= 0.6 is 7.82 Å². The summed E-state index contributed by atoms with van der Waals surface area (Å²) in [5, 5.41) is 0. The van der Waals surface area contributed by atoms with E-state index in [1.807, 2.05) is 0 Å². The molecule has 0 saturated heterocycles. The summed E-state index contributed by atoms with van der Waals surface area (Å²) < 4.78 is 97.6. The topological polar surface area (TPSA) is 44.8 Å². The zero-order valence-electron chi connectivity index (χ0n) is 10.0. The third-order valence-electron chi connectivity index (χ3n) is 1.69. The lowest BCUT2D eigenvalue weighted by atomic mass is 10.2. The van der Waals surface area contributed by atoms with Crippen molar-refractivity contribution in [2.75, 3.05) is 13.7 Å². The molecule has 0 N–H and O–H groups in total. The van der Waals surface area contributed by atoms with Crippen LogP contribution < -0.4 is 0 Å². The Morgan fingerprint density at radius 1 is 1.21 bits per heavy atom. The second-order valence-electron chi connectivity index (χ2n) is 3.40. The summed E-state index contributed by atoms with van der Waals surface area (Å²) in [5.41, 5.74) is 0. The monoisotopic (exact) mass is 318 g/mol. The molecule has 0 heterocycles. The molecule has 0 radical (unpaired) electrons. The maximum atomic E-state index is 13.0. The van der Waals surface area contributed by atoms with E-state index >= 15 is 0 Å². The van der Waals surface area contributed by atoms with E-state index in [1.54, 1.807) is 6.92 Å². The molecule has 116 valence electrons. The third kappa shape index (κ3) is 7.14. The molecule has 2 unspecified atom stereocenters. The molecule has 0 aromatic rings. The highest BCUT2D eigenvalue weighted by Crippen LogP contribution is 2.54. The van der Waals surface area contributed by atoms with Gasteiger partial charge in [-0.1, -0.05) is 6.92 Å². The molecule has 11 heteroatoms. The molecule has 0 spiro atoms. The van der Waals surface area contributed by atoms with Crippen molar-refractivity contribution in [3.05, 3.63) is 0 Å². The van der Waals surface area contributed by atoms with Crippen LogP contribution in [-0.2, 0) is 18.1 Å². The van der Waals surface area contributed by atoms with Gasteiger partial charge >= 0.3 is 20.1 Å². The fourth-order valence-electron chi connectivity index (χ4n) is 0.848. The standard InChI is InChI=1S/C8H13F6O4P/c1-3-4-17-19(15,16-2)18-8(13,14)6(9)5-7(10,11)12/h6H,3-5H2,1-2H3. The van der Waals surface area contributed by atoms with E-state index < -0.39 is 32.7 Å². The Labute approximate surface area is 105 Å². The summed E-state index contributed by atoms with van der Waals surface area (Å²) in [7, 11) is -4.13. The van der Waals surface area contributed by atoms with Crippen molar-refractivity contribution in [2.45, 2.75) is 38.2 Å². The molecular formula is C8H13F6O4P. The number of rotatable bonds is 8. The van der Waals surface area contributed by atoms with Gasteiger partial charge in [0.25, 0.3) is 0 Å². The Balaban J connectivity index is 4.76. The molecule has 0 saturated carbocycles. The van der Waals surface area contributed by atoms with Gasteiger partial charge in [0, 0.05) is 7.11 Å². The van der Waals surface area contributed by atoms with Crippen molar-refractivity contribution in [2.24, 2.45) is 0 Å². The Bertz CT molecular complexity index is 321. The van der Waals surface area contributed by atoms with Gasteiger partial charge in [0.1, 0.15) is 0 Å². The average molecular weight is 318 g/mol. The second-order valence-corrected chi connectivity index (χ2v) is 5.10. The van der Waals surface area contributed by atoms with Gasteiger partial charge in [-0.2, -0.15) is 22.0 Å². The molecule has 0 fully saturated rings. The molecule has 19 heavy (non-hydrogen) atoms. The highest BCUT2D eigenvalue weighted by atomic mass is 31.2. The maximum Gasteiger partial charge on any atom is 0.479 e. The van der Waals surface area contributed by atoms with E-state index in [0.29, 0.717) is 7.11 Å². The van der Waals surface area contributed by atoms with Crippen LogP contribution in [0.4, 0.5) is 26.3 Å². The highest BCUT2D eigenvalue weighted by Gasteiger charge is 2.52. The molecule has 0 aliphatic carbocycles. The normalized spacial score (nSPS) is 18.1. The Hall–Kier alpha value is -0.310. The van der Waals surface area contributed by atoms with Gasteiger partial charge in [-0.05, 0) is 6.42 Å². The first-order chi connectivity index (χ1) is 8.46. The van der Waals surface area contributed by atoms with E-state index in [0.717, 1.165) is 0 Å². The highest BCUT2D eigenvalue weighted by molar-refractivity contribution is 7.48. The zero-order valence-corrected chi connectivity index (χ0v) is 10.9. The minimum atomic E-state index is -5.16. The molecule has 0 rings (SSSR count). The Kier molecular flexibility index (Phi) is 6.80. The minimum Gasteiger partial charge on any atom is -0.290 e. The van der Waals surface area contributed by atoms with E-state index in [4.69, 9.17) is 0 Å². The SMILES string of the molecule is CCCOP(=O)(OC)OC(F)(F)C(F)CC(F)(F)F. The molecular weight excluding hydrogens is 305 g/mol. The van der Waals surface area contributed by atoms with Crippen molar-refractivity contribution < 1.29 is 44.5 Å². The number of phosphoric acid groups is 1. The van der Waals surface area contributed by atoms with Crippen LogP contribution in [0.1, 0.15) is 19.8 Å². The van der Waals surface area contributed by atoms with E-state index in [9.17, 15) is 30.9 Å². The molecule has 0 aromatic heterocycles. The largest absolute Gasteiger partial charge is 0.479 e. The summed E-state index contributed by atoms with van der Waals surface area (Å²) in [6.45, 7) is 1.23. The van der Waals surface area contributed by atoms with Crippen molar-refractivity contribution in [1.29, 1.82) is 0 Å². The number of hydrogen-bond acceptors (Lipinski definition) is 4. The first kappa shape index (κ1) is 18.7. The molecule has 0 bridgehead atoms. The number of phosphoric ester groups is 1. The van der Waals surface area contributed by atoms with Gasteiger partial charge < -0.3 is 0 Å². The molecule has 0 amide bonds. The summed E-state index contributed by atoms with van der Waals surface area (Å²) >= 11 is 0. The first-order valence-corrected chi connectivity index (χ1v) is 6.51. The quantitative estimate of drug-likeness (QED) is 0.500. The summed E-state index contributed by atoms with van der Waals surface area (Å²) in [4.78, 5) is 0. The maximum absolute atomic E-state index is 13.0. The van der Waals surface area contributed by atoms with Gasteiger partial charge in [-0.15, -0.1) is 0 Å². The molecule has 0 aromatic carbocycles. The van der Waals surface area contributed by atoms with Crippen LogP contribution in [0.2, 0.25) is 0 Å². The van der Waals surface area contributed by atoms with Crippen LogP contribution in [0.25, 0.3) is 0 Å². The molecule has 2 atom stereocenters. The summed E-state index contributed by atoms with van der Waals surface area (Å²) in [5.74, 6) is 0. The summed E-state index contributed by atoms with van der Waals surface area (Å²) in [6, 6.07) is 0. The Morgan fingerprint density at radius 2 is 1.74 bits per heavy atom. The lowest BCUT2D eigenvalue weighted by Crippen LogP contribution is -2.36. The van der Waals surface area contributed by atoms with Crippen molar-refractivity contribution in [1.82, 2.24) is 0 Å². The van der Waals surface area contributed by atoms with E-state index in [-0.39, 0.29) is 13.0 Å². The number of hydrogen-bond donors (Lipinski definition) is 0. The molecule has 0 aliphatic heterocycles. The zero-order chi connectivity index (χ0) is 15.3. The predicted octanol–water partition coefficient (Wildman–Crippen LogP) is 4.07. The number of halogens is 6. The smallest absolute Gasteiger partial charge is 0.290 e. The fraction of sp³-hybridized carbons (Fsp3) is 1.00. The van der Waals surface area contributed by atoms with Crippen LogP contribution in [0.15, 0.2) is 0 Å². The predicted molar refractivity (Wildman–Crippen MR) is 52.5 cm³/mol. The van der Waals surface area contributed by atoms with E-state index in [2.05, 4.69) is 13.6 Å². The summed E-state index contributed by atoms with van der Waals surface area (Å²) in [6.07, 6.45) is -16.0. The fourth-order valence-corrected chi connectivity index (χ4v) is 1.90. The van der Waals surface area contributed by atoms with Gasteiger partial charge in [-0.25, -0.2) is 13.5 Å². The molecule has 4 nitrogen and oxygen atoms in total. The van der Waals surface area contributed by atoms with Gasteiger partial charge in [0.05, 0.1) is 13.0 Å². The van der Waals surface area contributed by atoms with Crippen molar-refractivity contribution in [3.63, 3.8) is 0 Å². The average Bonchev–Trinajstić information content (AvgIpc) is 2.23. The van der Waals surface area contributed by atoms with Gasteiger partial charge in [0.2, 0.25) is 0 Å². The number of alkyl halides is 6. The van der Waals surface area contributed by atoms with Gasteiger partial charge in [-0.3, -0.25) is 9.05 Å². The minimum absolute atomic E-state index is 0.254.